The van der Waals surface area contributed by atoms with Crippen molar-refractivity contribution in [3.05, 3.63) is 45.0 Å². The Morgan fingerprint density at radius 1 is 1.39 bits per heavy atom. The van der Waals surface area contributed by atoms with Crippen LogP contribution in [0.1, 0.15) is 31.0 Å². The fourth-order valence-electron chi connectivity index (χ4n) is 1.75. The molecule has 0 aliphatic rings. The quantitative estimate of drug-likeness (QED) is 0.923. The summed E-state index contributed by atoms with van der Waals surface area (Å²) < 4.78 is 2.79. The van der Waals surface area contributed by atoms with Gasteiger partial charge in [0.15, 0.2) is 0 Å². The molecule has 2 N–H and O–H groups in total. The highest BCUT2D eigenvalue weighted by molar-refractivity contribution is 9.10. The minimum absolute atomic E-state index is 0.264. The monoisotopic (exact) mass is 327 g/mol. The zero-order chi connectivity index (χ0) is 13.3. The normalized spacial score (nSPS) is 11.2. The Balaban J connectivity index is 2.36. The Labute approximate surface area is 120 Å². The summed E-state index contributed by atoms with van der Waals surface area (Å²) in [5.74, 6) is 0.788. The number of hydrogen-bond donors (Lipinski definition) is 1. The molecule has 0 fully saturated rings. The van der Waals surface area contributed by atoms with Crippen molar-refractivity contribution in [3.8, 4) is 0 Å². The van der Waals surface area contributed by atoms with Crippen molar-refractivity contribution in [1.82, 2.24) is 9.78 Å². The largest absolute Gasteiger partial charge is 0.383 e. The van der Waals surface area contributed by atoms with E-state index in [9.17, 15) is 0 Å². The lowest BCUT2D eigenvalue weighted by Gasteiger charge is -2.06. The van der Waals surface area contributed by atoms with Crippen molar-refractivity contribution >= 4 is 33.3 Å². The summed E-state index contributed by atoms with van der Waals surface area (Å²) in [7, 11) is 0. The molecule has 0 bridgehead atoms. The summed E-state index contributed by atoms with van der Waals surface area (Å²) in [6.07, 6.45) is 0. The zero-order valence-corrected chi connectivity index (χ0v) is 12.7. The number of halogens is 2. The van der Waals surface area contributed by atoms with E-state index >= 15 is 0 Å². The van der Waals surface area contributed by atoms with Gasteiger partial charge in [0.05, 0.1) is 12.2 Å². The van der Waals surface area contributed by atoms with Crippen LogP contribution in [0.2, 0.25) is 5.02 Å². The number of nitrogens with two attached hydrogens (primary N) is 1. The van der Waals surface area contributed by atoms with E-state index in [1.807, 2.05) is 24.3 Å². The maximum atomic E-state index is 6.19. The molecule has 1 aromatic heterocycles. The molecule has 0 aliphatic carbocycles. The molecule has 5 heteroatoms. The summed E-state index contributed by atoms with van der Waals surface area (Å²) in [6, 6.07) is 8.01. The lowest BCUT2D eigenvalue weighted by molar-refractivity contribution is 0.663. The molecule has 2 rings (SSSR count). The summed E-state index contributed by atoms with van der Waals surface area (Å²) >= 11 is 9.71. The number of rotatable bonds is 3. The van der Waals surface area contributed by atoms with Gasteiger partial charge < -0.3 is 5.73 Å². The van der Waals surface area contributed by atoms with E-state index in [2.05, 4.69) is 34.9 Å². The maximum Gasteiger partial charge on any atom is 0.141 e. The molecule has 3 nitrogen and oxygen atoms in total. The lowest BCUT2D eigenvalue weighted by Crippen LogP contribution is -2.06. The topological polar surface area (TPSA) is 43.8 Å². The molecule has 1 aromatic carbocycles. The third kappa shape index (κ3) is 2.54. The molecular formula is C13H15BrClN3. The molecule has 2 aromatic rings. The SMILES string of the molecule is CC(C)c1nn(Cc2ccccc2Br)c(N)c1Cl. The van der Waals surface area contributed by atoms with Crippen molar-refractivity contribution in [2.45, 2.75) is 26.3 Å². The van der Waals surface area contributed by atoms with E-state index < -0.39 is 0 Å². The first kappa shape index (κ1) is 13.4. The molecule has 0 unspecified atom stereocenters. The minimum atomic E-state index is 0.264. The molecule has 0 spiro atoms. The Bertz CT molecular complexity index is 563. The first-order chi connectivity index (χ1) is 8.50. The second kappa shape index (κ2) is 5.33. The number of benzene rings is 1. The summed E-state index contributed by atoms with van der Waals surface area (Å²) in [6.45, 7) is 4.71. The van der Waals surface area contributed by atoms with Gasteiger partial charge in [0.1, 0.15) is 10.8 Å². The van der Waals surface area contributed by atoms with Crippen LogP contribution >= 0.6 is 27.5 Å². The van der Waals surface area contributed by atoms with E-state index in [-0.39, 0.29) is 5.92 Å². The standard InChI is InChI=1S/C13H15BrClN3/c1-8(2)12-11(15)13(16)18(17-12)7-9-5-3-4-6-10(9)14/h3-6,8H,7,16H2,1-2H3. The first-order valence-electron chi connectivity index (χ1n) is 5.75. The molecular weight excluding hydrogens is 314 g/mol. The molecule has 0 aliphatic heterocycles. The highest BCUT2D eigenvalue weighted by Gasteiger charge is 2.16. The summed E-state index contributed by atoms with van der Waals surface area (Å²) in [4.78, 5) is 0. The molecule has 0 radical (unpaired) electrons. The number of hydrogen-bond acceptors (Lipinski definition) is 2. The van der Waals surface area contributed by atoms with Crippen LogP contribution in [0.3, 0.4) is 0 Å². The van der Waals surface area contributed by atoms with Crippen LogP contribution in [0.5, 0.6) is 0 Å². The number of aromatic nitrogens is 2. The first-order valence-corrected chi connectivity index (χ1v) is 6.93. The minimum Gasteiger partial charge on any atom is -0.383 e. The van der Waals surface area contributed by atoms with E-state index in [0.717, 1.165) is 15.7 Å². The third-order valence-electron chi connectivity index (χ3n) is 2.78. The smallest absolute Gasteiger partial charge is 0.141 e. The number of nitrogens with zero attached hydrogens (tertiary/aromatic N) is 2. The van der Waals surface area contributed by atoms with Gasteiger partial charge in [-0.1, -0.05) is 59.6 Å². The molecule has 18 heavy (non-hydrogen) atoms. The number of nitrogen functional groups attached to an aromatic ring is 1. The van der Waals surface area contributed by atoms with Crippen LogP contribution in [-0.4, -0.2) is 9.78 Å². The van der Waals surface area contributed by atoms with Crippen LogP contribution < -0.4 is 5.73 Å². The van der Waals surface area contributed by atoms with Crippen LogP contribution in [0.4, 0.5) is 5.82 Å². The van der Waals surface area contributed by atoms with Crippen molar-refractivity contribution in [2.75, 3.05) is 5.73 Å². The van der Waals surface area contributed by atoms with Gasteiger partial charge in [0.2, 0.25) is 0 Å². The Kier molecular flexibility index (Phi) is 3.97. The molecule has 0 saturated carbocycles. The predicted octanol–water partition coefficient (Wildman–Crippen LogP) is 4.05. The molecule has 0 amide bonds. The van der Waals surface area contributed by atoms with Crippen LogP contribution in [0.25, 0.3) is 0 Å². The highest BCUT2D eigenvalue weighted by atomic mass is 79.9. The molecule has 1 heterocycles. The van der Waals surface area contributed by atoms with Gasteiger partial charge in [0, 0.05) is 4.47 Å². The van der Waals surface area contributed by atoms with Crippen LogP contribution in [-0.2, 0) is 6.54 Å². The molecule has 96 valence electrons. The average molecular weight is 329 g/mol. The van der Waals surface area contributed by atoms with Gasteiger partial charge in [-0.25, -0.2) is 4.68 Å². The van der Waals surface area contributed by atoms with Crippen molar-refractivity contribution in [2.24, 2.45) is 0 Å². The fraction of sp³-hybridized carbons (Fsp3) is 0.308. The second-order valence-corrected chi connectivity index (χ2v) is 5.72. The van der Waals surface area contributed by atoms with Gasteiger partial charge in [0.25, 0.3) is 0 Å². The van der Waals surface area contributed by atoms with Gasteiger partial charge in [-0.3, -0.25) is 0 Å². The lowest BCUT2D eigenvalue weighted by atomic mass is 10.1. The summed E-state index contributed by atoms with van der Waals surface area (Å²) in [5, 5.41) is 5.05. The molecule has 0 saturated heterocycles. The maximum absolute atomic E-state index is 6.19. The van der Waals surface area contributed by atoms with Crippen molar-refractivity contribution in [1.29, 1.82) is 0 Å². The Morgan fingerprint density at radius 2 is 2.06 bits per heavy atom. The molecule has 0 atom stereocenters. The fourth-order valence-corrected chi connectivity index (χ4v) is 2.51. The van der Waals surface area contributed by atoms with Crippen molar-refractivity contribution < 1.29 is 0 Å². The van der Waals surface area contributed by atoms with Crippen molar-refractivity contribution in [3.63, 3.8) is 0 Å². The van der Waals surface area contributed by atoms with Gasteiger partial charge in [-0.15, -0.1) is 0 Å². The Hall–Kier alpha value is -1.00. The van der Waals surface area contributed by atoms with E-state index in [1.165, 1.54) is 0 Å². The predicted molar refractivity (Wildman–Crippen MR) is 79.0 cm³/mol. The van der Waals surface area contributed by atoms with Gasteiger partial charge in [-0.2, -0.15) is 5.10 Å². The third-order valence-corrected chi connectivity index (χ3v) is 3.94. The van der Waals surface area contributed by atoms with Gasteiger partial charge >= 0.3 is 0 Å². The second-order valence-electron chi connectivity index (χ2n) is 4.49. The van der Waals surface area contributed by atoms with Crippen LogP contribution in [0, 0.1) is 0 Å². The van der Waals surface area contributed by atoms with E-state index in [1.54, 1.807) is 4.68 Å². The van der Waals surface area contributed by atoms with E-state index in [0.29, 0.717) is 17.4 Å². The zero-order valence-electron chi connectivity index (χ0n) is 10.3. The summed E-state index contributed by atoms with van der Waals surface area (Å²) in [5.41, 5.74) is 7.96. The average Bonchev–Trinajstić information content (AvgIpc) is 2.60. The van der Waals surface area contributed by atoms with Crippen LogP contribution in [0.15, 0.2) is 28.7 Å². The van der Waals surface area contributed by atoms with Gasteiger partial charge in [-0.05, 0) is 17.5 Å². The van der Waals surface area contributed by atoms with E-state index in [4.69, 9.17) is 17.3 Å². The Morgan fingerprint density at radius 3 is 2.61 bits per heavy atom. The number of anilines is 1. The highest BCUT2D eigenvalue weighted by Crippen LogP contribution is 2.29.